The summed E-state index contributed by atoms with van der Waals surface area (Å²) in [6, 6.07) is 8.41. The number of benzene rings is 1. The highest BCUT2D eigenvalue weighted by Crippen LogP contribution is 2.19. The number of hydrogen-bond acceptors (Lipinski definition) is 2. The summed E-state index contributed by atoms with van der Waals surface area (Å²) in [7, 11) is 0. The summed E-state index contributed by atoms with van der Waals surface area (Å²) >= 11 is 0. The number of para-hydroxylation sites is 1. The van der Waals surface area contributed by atoms with Crippen LogP contribution in [0.3, 0.4) is 0 Å². The van der Waals surface area contributed by atoms with E-state index in [0.717, 1.165) is 5.39 Å². The number of hydrogen-bond donors (Lipinski definition) is 0. The summed E-state index contributed by atoms with van der Waals surface area (Å²) in [4.78, 5) is 14.7. The Balaban J connectivity index is 2.56. The first-order chi connectivity index (χ1) is 7.79. The SMILES string of the molecule is O=Cc1cn2c(ccc3cccc(F)c32)n1. The number of pyridine rings is 1. The Morgan fingerprint density at radius 1 is 1.25 bits per heavy atom. The van der Waals surface area contributed by atoms with E-state index < -0.39 is 0 Å². The smallest absolute Gasteiger partial charge is 0.170 e. The third-order valence-electron chi connectivity index (χ3n) is 2.54. The molecular formula is C12H7FN2O. The molecule has 0 spiro atoms. The molecule has 3 rings (SSSR count). The van der Waals surface area contributed by atoms with Crippen LogP contribution in [0.25, 0.3) is 16.6 Å². The molecule has 0 fully saturated rings. The molecule has 0 radical (unpaired) electrons. The number of imidazole rings is 1. The molecule has 3 nitrogen and oxygen atoms in total. The first-order valence-corrected chi connectivity index (χ1v) is 4.81. The fraction of sp³-hybridized carbons (Fsp3) is 0. The second kappa shape index (κ2) is 3.13. The molecule has 0 aliphatic rings. The molecule has 1 aromatic carbocycles. The van der Waals surface area contributed by atoms with Gasteiger partial charge in [-0.05, 0) is 18.2 Å². The lowest BCUT2D eigenvalue weighted by Gasteiger charge is -2.02. The first-order valence-electron chi connectivity index (χ1n) is 4.81. The average molecular weight is 214 g/mol. The Morgan fingerprint density at radius 2 is 2.12 bits per heavy atom. The Kier molecular flexibility index (Phi) is 1.77. The van der Waals surface area contributed by atoms with E-state index in [4.69, 9.17) is 0 Å². The normalized spacial score (nSPS) is 11.1. The van der Waals surface area contributed by atoms with Gasteiger partial charge in [-0.1, -0.05) is 12.1 Å². The Bertz CT molecular complexity index is 703. The summed E-state index contributed by atoms with van der Waals surface area (Å²) in [6.45, 7) is 0. The van der Waals surface area contributed by atoms with Crippen LogP contribution in [0, 0.1) is 5.82 Å². The van der Waals surface area contributed by atoms with Crippen molar-refractivity contribution in [3.05, 3.63) is 48.0 Å². The maximum Gasteiger partial charge on any atom is 0.170 e. The van der Waals surface area contributed by atoms with Gasteiger partial charge >= 0.3 is 0 Å². The molecule has 0 atom stereocenters. The number of rotatable bonds is 1. The predicted octanol–water partition coefficient (Wildman–Crippen LogP) is 2.44. The van der Waals surface area contributed by atoms with Crippen molar-refractivity contribution in [2.24, 2.45) is 0 Å². The van der Waals surface area contributed by atoms with Crippen molar-refractivity contribution in [1.82, 2.24) is 9.38 Å². The van der Waals surface area contributed by atoms with E-state index in [0.29, 0.717) is 23.1 Å². The monoisotopic (exact) mass is 214 g/mol. The van der Waals surface area contributed by atoms with Crippen molar-refractivity contribution in [1.29, 1.82) is 0 Å². The lowest BCUT2D eigenvalue weighted by atomic mass is 10.2. The maximum atomic E-state index is 13.7. The van der Waals surface area contributed by atoms with E-state index >= 15 is 0 Å². The molecule has 0 saturated carbocycles. The lowest BCUT2D eigenvalue weighted by molar-refractivity contribution is 0.111. The van der Waals surface area contributed by atoms with Crippen LogP contribution in [-0.2, 0) is 0 Å². The van der Waals surface area contributed by atoms with Crippen molar-refractivity contribution in [2.75, 3.05) is 0 Å². The van der Waals surface area contributed by atoms with E-state index in [9.17, 15) is 9.18 Å². The van der Waals surface area contributed by atoms with Gasteiger partial charge in [-0.25, -0.2) is 9.37 Å². The number of aromatic nitrogens is 2. The van der Waals surface area contributed by atoms with Crippen LogP contribution in [0.4, 0.5) is 4.39 Å². The van der Waals surface area contributed by atoms with Crippen molar-refractivity contribution in [2.45, 2.75) is 0 Å². The molecule has 0 aliphatic heterocycles. The van der Waals surface area contributed by atoms with E-state index in [-0.39, 0.29) is 5.82 Å². The van der Waals surface area contributed by atoms with Crippen LogP contribution in [0.5, 0.6) is 0 Å². The Morgan fingerprint density at radius 3 is 2.94 bits per heavy atom. The molecule has 0 bridgehead atoms. The van der Waals surface area contributed by atoms with E-state index in [1.54, 1.807) is 22.6 Å². The van der Waals surface area contributed by atoms with Crippen molar-refractivity contribution in [3.63, 3.8) is 0 Å². The van der Waals surface area contributed by atoms with Crippen LogP contribution < -0.4 is 0 Å². The van der Waals surface area contributed by atoms with Gasteiger partial charge in [0.25, 0.3) is 0 Å². The second-order valence-electron chi connectivity index (χ2n) is 3.52. The van der Waals surface area contributed by atoms with E-state index in [1.807, 2.05) is 6.07 Å². The highest BCUT2D eigenvalue weighted by Gasteiger charge is 2.07. The lowest BCUT2D eigenvalue weighted by Crippen LogP contribution is -1.89. The first kappa shape index (κ1) is 9.03. The minimum Gasteiger partial charge on any atom is -0.296 e. The number of fused-ring (bicyclic) bond motifs is 3. The summed E-state index contributed by atoms with van der Waals surface area (Å²) in [5, 5.41) is 0.780. The summed E-state index contributed by atoms with van der Waals surface area (Å²) < 4.78 is 15.3. The highest BCUT2D eigenvalue weighted by molar-refractivity contribution is 5.84. The van der Waals surface area contributed by atoms with Gasteiger partial charge in [-0.3, -0.25) is 9.20 Å². The summed E-state index contributed by atoms with van der Waals surface area (Å²) in [5.41, 5.74) is 1.32. The molecule has 0 saturated heterocycles. The molecule has 0 aliphatic carbocycles. The fourth-order valence-electron chi connectivity index (χ4n) is 1.85. The number of carbonyl (C=O) groups excluding carboxylic acids is 1. The molecule has 2 aromatic heterocycles. The molecule has 0 amide bonds. The fourth-order valence-corrected chi connectivity index (χ4v) is 1.85. The van der Waals surface area contributed by atoms with Crippen molar-refractivity contribution in [3.8, 4) is 0 Å². The number of carbonyl (C=O) groups is 1. The van der Waals surface area contributed by atoms with Gasteiger partial charge in [-0.2, -0.15) is 0 Å². The van der Waals surface area contributed by atoms with E-state index in [1.165, 1.54) is 12.3 Å². The third kappa shape index (κ3) is 1.13. The van der Waals surface area contributed by atoms with Gasteiger partial charge in [0.1, 0.15) is 17.2 Å². The van der Waals surface area contributed by atoms with Gasteiger partial charge in [0.15, 0.2) is 6.29 Å². The molecule has 0 N–H and O–H groups in total. The zero-order valence-electron chi connectivity index (χ0n) is 8.22. The quantitative estimate of drug-likeness (QED) is 0.583. The zero-order valence-corrected chi connectivity index (χ0v) is 8.22. The van der Waals surface area contributed by atoms with Gasteiger partial charge in [0.05, 0.1) is 5.52 Å². The summed E-state index contributed by atoms with van der Waals surface area (Å²) in [5.74, 6) is -0.321. The Hall–Kier alpha value is -2.23. The van der Waals surface area contributed by atoms with Crippen LogP contribution in [0.1, 0.15) is 10.5 Å². The Labute approximate surface area is 90.1 Å². The highest BCUT2D eigenvalue weighted by atomic mass is 19.1. The zero-order chi connectivity index (χ0) is 11.1. The van der Waals surface area contributed by atoms with Crippen molar-refractivity contribution < 1.29 is 9.18 Å². The molecule has 16 heavy (non-hydrogen) atoms. The minimum absolute atomic E-state index is 0.302. The third-order valence-corrected chi connectivity index (χ3v) is 2.54. The van der Waals surface area contributed by atoms with E-state index in [2.05, 4.69) is 4.98 Å². The molecule has 2 heterocycles. The standard InChI is InChI=1S/C12H7FN2O/c13-10-3-1-2-8-4-5-11-14-9(7-16)6-15(11)12(8)10/h1-7H. The molecule has 3 aromatic rings. The van der Waals surface area contributed by atoms with Crippen LogP contribution in [0.2, 0.25) is 0 Å². The van der Waals surface area contributed by atoms with Crippen LogP contribution in [-0.4, -0.2) is 15.7 Å². The predicted molar refractivity (Wildman–Crippen MR) is 58.0 cm³/mol. The van der Waals surface area contributed by atoms with Gasteiger partial charge in [-0.15, -0.1) is 0 Å². The topological polar surface area (TPSA) is 34.4 Å². The number of aldehydes is 1. The molecule has 0 unspecified atom stereocenters. The van der Waals surface area contributed by atoms with Crippen LogP contribution in [0.15, 0.2) is 36.5 Å². The van der Waals surface area contributed by atoms with Gasteiger partial charge in [0, 0.05) is 11.6 Å². The number of halogens is 1. The van der Waals surface area contributed by atoms with Gasteiger partial charge < -0.3 is 0 Å². The minimum atomic E-state index is -0.321. The van der Waals surface area contributed by atoms with Crippen LogP contribution >= 0.6 is 0 Å². The molecular weight excluding hydrogens is 207 g/mol. The maximum absolute atomic E-state index is 13.7. The average Bonchev–Trinajstić information content (AvgIpc) is 2.72. The summed E-state index contributed by atoms with van der Waals surface area (Å²) in [6.07, 6.45) is 2.19. The number of nitrogens with zero attached hydrogens (tertiary/aromatic N) is 2. The second-order valence-corrected chi connectivity index (χ2v) is 3.52. The molecule has 4 heteroatoms. The largest absolute Gasteiger partial charge is 0.296 e. The van der Waals surface area contributed by atoms with Gasteiger partial charge in [0.2, 0.25) is 0 Å². The van der Waals surface area contributed by atoms with Crippen molar-refractivity contribution >= 4 is 22.8 Å². The molecule has 78 valence electrons.